The summed E-state index contributed by atoms with van der Waals surface area (Å²) in [5.41, 5.74) is 6.38. The third kappa shape index (κ3) is 3.23. The number of rotatable bonds is 3. The van der Waals surface area contributed by atoms with E-state index < -0.39 is 11.7 Å². The Kier molecular flexibility index (Phi) is 3.74. The monoisotopic (exact) mass is 217 g/mol. The van der Waals surface area contributed by atoms with Crippen LogP contribution in [0.1, 0.15) is 23.1 Å². The van der Waals surface area contributed by atoms with E-state index in [2.05, 4.69) is 0 Å². The largest absolute Gasteiger partial charge is 0.416 e. The lowest BCUT2D eigenvalue weighted by Crippen LogP contribution is -2.06. The van der Waals surface area contributed by atoms with Crippen LogP contribution in [0.5, 0.6) is 0 Å². The Morgan fingerprint density at radius 3 is 2.40 bits per heavy atom. The van der Waals surface area contributed by atoms with Gasteiger partial charge in [0, 0.05) is 0 Å². The highest BCUT2D eigenvalue weighted by molar-refractivity contribution is 5.32. The smallest absolute Gasteiger partial charge is 0.330 e. The highest BCUT2D eigenvalue weighted by Gasteiger charge is 2.30. The maximum absolute atomic E-state index is 12.3. The first-order valence-electron chi connectivity index (χ1n) is 4.82. The molecular formula is C11H14F3N. The van der Waals surface area contributed by atoms with Crippen LogP contribution in [-0.2, 0) is 12.6 Å². The molecule has 2 N–H and O–H groups in total. The molecule has 1 aromatic rings. The van der Waals surface area contributed by atoms with Gasteiger partial charge in [-0.05, 0) is 49.6 Å². The number of hydrogen-bond acceptors (Lipinski definition) is 1. The van der Waals surface area contributed by atoms with Crippen LogP contribution in [0.3, 0.4) is 0 Å². The van der Waals surface area contributed by atoms with Gasteiger partial charge in [0.2, 0.25) is 0 Å². The Morgan fingerprint density at radius 2 is 1.93 bits per heavy atom. The molecule has 0 saturated heterocycles. The molecule has 0 heterocycles. The Morgan fingerprint density at radius 1 is 1.27 bits per heavy atom. The van der Waals surface area contributed by atoms with Gasteiger partial charge in [0.05, 0.1) is 5.56 Å². The number of benzene rings is 1. The predicted molar refractivity (Wildman–Crippen MR) is 53.6 cm³/mol. The van der Waals surface area contributed by atoms with Gasteiger partial charge in [0.25, 0.3) is 0 Å². The topological polar surface area (TPSA) is 26.0 Å². The molecular weight excluding hydrogens is 203 g/mol. The lowest BCUT2D eigenvalue weighted by Gasteiger charge is -2.10. The summed E-state index contributed by atoms with van der Waals surface area (Å²) in [6, 6.07) is 3.85. The van der Waals surface area contributed by atoms with Crippen molar-refractivity contribution in [1.29, 1.82) is 0 Å². The second-order valence-electron chi connectivity index (χ2n) is 3.53. The van der Waals surface area contributed by atoms with Crippen LogP contribution in [0.25, 0.3) is 0 Å². The van der Waals surface area contributed by atoms with E-state index in [9.17, 15) is 13.2 Å². The third-order valence-electron chi connectivity index (χ3n) is 2.32. The van der Waals surface area contributed by atoms with Crippen molar-refractivity contribution in [3.05, 3.63) is 34.9 Å². The molecule has 15 heavy (non-hydrogen) atoms. The molecule has 0 saturated carbocycles. The third-order valence-corrected chi connectivity index (χ3v) is 2.32. The van der Waals surface area contributed by atoms with Crippen LogP contribution >= 0.6 is 0 Å². The van der Waals surface area contributed by atoms with Crippen LogP contribution in [0.2, 0.25) is 0 Å². The molecule has 0 atom stereocenters. The number of hydrogen-bond donors (Lipinski definition) is 1. The van der Waals surface area contributed by atoms with E-state index >= 15 is 0 Å². The Labute approximate surface area is 87.1 Å². The first-order valence-corrected chi connectivity index (χ1v) is 4.82. The van der Waals surface area contributed by atoms with Crippen molar-refractivity contribution in [2.45, 2.75) is 25.9 Å². The van der Waals surface area contributed by atoms with Crippen LogP contribution in [-0.4, -0.2) is 6.54 Å². The molecule has 0 fully saturated rings. The second-order valence-corrected chi connectivity index (χ2v) is 3.53. The molecule has 0 unspecified atom stereocenters. The lowest BCUT2D eigenvalue weighted by atomic mass is 10.0. The van der Waals surface area contributed by atoms with Gasteiger partial charge in [0.15, 0.2) is 0 Å². The standard InChI is InChI=1S/C11H14F3N/c1-8-7-10(11(12,13)14)5-4-9(8)3-2-6-15/h4-5,7H,2-3,6,15H2,1H3. The van der Waals surface area contributed by atoms with E-state index in [1.807, 2.05) is 0 Å². The first kappa shape index (κ1) is 12.0. The van der Waals surface area contributed by atoms with Crippen molar-refractivity contribution in [2.24, 2.45) is 5.73 Å². The fourth-order valence-electron chi connectivity index (χ4n) is 1.45. The van der Waals surface area contributed by atoms with E-state index in [0.29, 0.717) is 12.1 Å². The highest BCUT2D eigenvalue weighted by Crippen LogP contribution is 2.30. The predicted octanol–water partition coefficient (Wildman–Crippen LogP) is 2.91. The van der Waals surface area contributed by atoms with E-state index in [-0.39, 0.29) is 0 Å². The Balaban J connectivity index is 2.88. The van der Waals surface area contributed by atoms with Gasteiger partial charge in [-0.1, -0.05) is 6.07 Å². The molecule has 0 amide bonds. The van der Waals surface area contributed by atoms with Crippen LogP contribution in [0.15, 0.2) is 18.2 Å². The zero-order valence-corrected chi connectivity index (χ0v) is 8.56. The second kappa shape index (κ2) is 4.66. The maximum Gasteiger partial charge on any atom is 0.416 e. The minimum Gasteiger partial charge on any atom is -0.330 e. The van der Waals surface area contributed by atoms with Gasteiger partial charge in [-0.2, -0.15) is 13.2 Å². The average molecular weight is 217 g/mol. The van der Waals surface area contributed by atoms with Gasteiger partial charge in [-0.15, -0.1) is 0 Å². The zero-order chi connectivity index (χ0) is 11.5. The fourth-order valence-corrected chi connectivity index (χ4v) is 1.45. The SMILES string of the molecule is Cc1cc(C(F)(F)F)ccc1CCCN. The van der Waals surface area contributed by atoms with E-state index in [4.69, 9.17) is 5.73 Å². The molecule has 0 radical (unpaired) electrons. The molecule has 1 rings (SSSR count). The number of alkyl halides is 3. The summed E-state index contributed by atoms with van der Waals surface area (Å²) in [6.45, 7) is 2.25. The number of halogens is 3. The summed E-state index contributed by atoms with van der Waals surface area (Å²) in [4.78, 5) is 0. The molecule has 84 valence electrons. The summed E-state index contributed by atoms with van der Waals surface area (Å²) < 4.78 is 37.0. The van der Waals surface area contributed by atoms with Gasteiger partial charge in [0.1, 0.15) is 0 Å². The summed E-state index contributed by atoms with van der Waals surface area (Å²) in [7, 11) is 0. The molecule has 0 aliphatic heterocycles. The molecule has 0 aliphatic rings. The van der Waals surface area contributed by atoms with Gasteiger partial charge in [-0.3, -0.25) is 0 Å². The molecule has 1 aromatic carbocycles. The maximum atomic E-state index is 12.3. The molecule has 0 spiro atoms. The van der Waals surface area contributed by atoms with Crippen molar-refractivity contribution in [2.75, 3.05) is 6.54 Å². The van der Waals surface area contributed by atoms with Crippen molar-refractivity contribution < 1.29 is 13.2 Å². The van der Waals surface area contributed by atoms with Crippen LogP contribution < -0.4 is 5.73 Å². The minimum absolute atomic E-state index is 0.556. The summed E-state index contributed by atoms with van der Waals surface area (Å²) in [5.74, 6) is 0. The fraction of sp³-hybridized carbons (Fsp3) is 0.455. The average Bonchev–Trinajstić information content (AvgIpc) is 2.14. The summed E-state index contributed by atoms with van der Waals surface area (Å²) in [6.07, 6.45) is -2.72. The Hall–Kier alpha value is -1.03. The first-order chi connectivity index (χ1) is 6.95. The van der Waals surface area contributed by atoms with Gasteiger partial charge in [-0.25, -0.2) is 0 Å². The van der Waals surface area contributed by atoms with Crippen molar-refractivity contribution in [1.82, 2.24) is 0 Å². The molecule has 0 aliphatic carbocycles. The van der Waals surface area contributed by atoms with E-state index in [1.54, 1.807) is 6.92 Å². The highest BCUT2D eigenvalue weighted by atomic mass is 19.4. The zero-order valence-electron chi connectivity index (χ0n) is 8.56. The van der Waals surface area contributed by atoms with Gasteiger partial charge >= 0.3 is 6.18 Å². The quantitative estimate of drug-likeness (QED) is 0.827. The lowest BCUT2D eigenvalue weighted by molar-refractivity contribution is -0.137. The molecule has 4 heteroatoms. The summed E-state index contributed by atoms with van der Waals surface area (Å²) >= 11 is 0. The van der Waals surface area contributed by atoms with Crippen LogP contribution in [0.4, 0.5) is 13.2 Å². The molecule has 1 nitrogen and oxygen atoms in total. The number of aryl methyl sites for hydroxylation is 2. The van der Waals surface area contributed by atoms with Gasteiger partial charge < -0.3 is 5.73 Å². The Bertz CT molecular complexity index is 331. The molecule has 0 aromatic heterocycles. The van der Waals surface area contributed by atoms with Crippen molar-refractivity contribution >= 4 is 0 Å². The number of nitrogens with two attached hydrogens (primary N) is 1. The minimum atomic E-state index is -4.25. The van der Waals surface area contributed by atoms with E-state index in [1.165, 1.54) is 12.1 Å². The van der Waals surface area contributed by atoms with Crippen molar-refractivity contribution in [3.8, 4) is 0 Å². The summed E-state index contributed by atoms with van der Waals surface area (Å²) in [5, 5.41) is 0. The van der Waals surface area contributed by atoms with E-state index in [0.717, 1.165) is 24.5 Å². The molecule has 0 bridgehead atoms. The normalized spacial score (nSPS) is 11.8. The van der Waals surface area contributed by atoms with Crippen LogP contribution in [0, 0.1) is 6.92 Å². The van der Waals surface area contributed by atoms with Crippen molar-refractivity contribution in [3.63, 3.8) is 0 Å².